The van der Waals surface area contributed by atoms with Crippen molar-refractivity contribution < 1.29 is 9.18 Å². The SMILES string of the molecule is Cl.O=C1N(Cc2ccc(Cl)c(F)c2)c2ccccc2C12CCNC2. The van der Waals surface area contributed by atoms with E-state index < -0.39 is 11.2 Å². The number of nitrogens with zero attached hydrogens (tertiary/aromatic N) is 1. The van der Waals surface area contributed by atoms with Gasteiger partial charge in [-0.05, 0) is 42.3 Å². The van der Waals surface area contributed by atoms with Crippen LogP contribution in [0.15, 0.2) is 42.5 Å². The number of benzene rings is 2. The zero-order valence-electron chi connectivity index (χ0n) is 12.9. The molecule has 3 nitrogen and oxygen atoms in total. The lowest BCUT2D eigenvalue weighted by Crippen LogP contribution is -2.41. The lowest BCUT2D eigenvalue weighted by molar-refractivity contribution is -0.122. The van der Waals surface area contributed by atoms with Gasteiger partial charge >= 0.3 is 0 Å². The van der Waals surface area contributed by atoms with Gasteiger partial charge in [-0.1, -0.05) is 35.9 Å². The maximum atomic E-state index is 13.7. The maximum Gasteiger partial charge on any atom is 0.239 e. The predicted octanol–water partition coefficient (Wildman–Crippen LogP) is 3.68. The first kappa shape index (κ1) is 17.2. The molecule has 1 amide bonds. The molecular formula is C18H17Cl2FN2O. The van der Waals surface area contributed by atoms with E-state index in [9.17, 15) is 9.18 Å². The number of fused-ring (bicyclic) bond motifs is 2. The van der Waals surface area contributed by atoms with E-state index in [1.54, 1.807) is 11.0 Å². The summed E-state index contributed by atoms with van der Waals surface area (Å²) in [7, 11) is 0. The standard InChI is InChI=1S/C18H16ClFN2O.ClH/c19-14-6-5-12(9-15(14)20)10-22-16-4-2-1-3-13(16)18(17(22)23)7-8-21-11-18;/h1-6,9,21H,7-8,10-11H2;1H. The molecule has 1 spiro atoms. The molecule has 0 aliphatic carbocycles. The number of halogens is 3. The molecule has 1 unspecified atom stereocenters. The highest BCUT2D eigenvalue weighted by molar-refractivity contribution is 6.30. The van der Waals surface area contributed by atoms with Gasteiger partial charge < -0.3 is 10.2 Å². The van der Waals surface area contributed by atoms with Gasteiger partial charge in [0.15, 0.2) is 0 Å². The minimum Gasteiger partial charge on any atom is -0.315 e. The smallest absolute Gasteiger partial charge is 0.239 e. The van der Waals surface area contributed by atoms with Gasteiger partial charge in [-0.15, -0.1) is 12.4 Å². The first-order valence-electron chi connectivity index (χ1n) is 7.68. The Morgan fingerprint density at radius 1 is 1.25 bits per heavy atom. The molecule has 2 aromatic carbocycles. The highest BCUT2D eigenvalue weighted by Crippen LogP contribution is 2.45. The Balaban J connectivity index is 0.00000169. The summed E-state index contributed by atoms with van der Waals surface area (Å²) in [5.74, 6) is -0.361. The summed E-state index contributed by atoms with van der Waals surface area (Å²) in [4.78, 5) is 14.9. The number of hydrogen-bond donors (Lipinski definition) is 1. The topological polar surface area (TPSA) is 32.3 Å². The molecule has 1 saturated heterocycles. The second-order valence-electron chi connectivity index (χ2n) is 6.17. The molecule has 2 heterocycles. The molecule has 24 heavy (non-hydrogen) atoms. The Labute approximate surface area is 151 Å². The second-order valence-corrected chi connectivity index (χ2v) is 6.57. The highest BCUT2D eigenvalue weighted by Gasteiger charge is 2.52. The van der Waals surface area contributed by atoms with Crippen molar-refractivity contribution in [2.75, 3.05) is 18.0 Å². The van der Waals surface area contributed by atoms with Crippen molar-refractivity contribution >= 4 is 35.6 Å². The van der Waals surface area contributed by atoms with E-state index in [-0.39, 0.29) is 23.3 Å². The Morgan fingerprint density at radius 3 is 2.75 bits per heavy atom. The van der Waals surface area contributed by atoms with Gasteiger partial charge in [-0.3, -0.25) is 4.79 Å². The molecule has 1 atom stereocenters. The quantitative estimate of drug-likeness (QED) is 0.878. The minimum atomic E-state index is -0.471. The normalized spacial score (nSPS) is 21.9. The first-order chi connectivity index (χ1) is 11.1. The minimum absolute atomic E-state index is 0. The summed E-state index contributed by atoms with van der Waals surface area (Å²) >= 11 is 5.74. The Hall–Kier alpha value is -1.62. The van der Waals surface area contributed by atoms with Crippen LogP contribution in [0, 0.1) is 5.82 Å². The average molecular weight is 367 g/mol. The molecule has 2 aromatic rings. The van der Waals surface area contributed by atoms with Crippen molar-refractivity contribution in [1.29, 1.82) is 0 Å². The molecule has 2 aliphatic rings. The molecule has 4 rings (SSSR count). The van der Waals surface area contributed by atoms with Crippen LogP contribution in [0.25, 0.3) is 0 Å². The second kappa shape index (κ2) is 6.36. The van der Waals surface area contributed by atoms with Crippen molar-refractivity contribution in [3.05, 3.63) is 64.4 Å². The van der Waals surface area contributed by atoms with Crippen LogP contribution in [0.4, 0.5) is 10.1 Å². The molecule has 6 heteroatoms. The van der Waals surface area contributed by atoms with Gasteiger partial charge in [0.25, 0.3) is 0 Å². The molecule has 0 radical (unpaired) electrons. The Bertz CT molecular complexity index is 790. The third-order valence-corrected chi connectivity index (χ3v) is 5.15. The Morgan fingerprint density at radius 2 is 2.04 bits per heavy atom. The van der Waals surface area contributed by atoms with Gasteiger partial charge in [0.2, 0.25) is 5.91 Å². The maximum absolute atomic E-state index is 13.7. The van der Waals surface area contributed by atoms with E-state index in [0.29, 0.717) is 13.1 Å². The van der Waals surface area contributed by atoms with Gasteiger partial charge in [0.05, 0.1) is 17.0 Å². The van der Waals surface area contributed by atoms with Crippen LogP contribution in [0.3, 0.4) is 0 Å². The summed E-state index contributed by atoms with van der Waals surface area (Å²) in [6.45, 7) is 1.85. The van der Waals surface area contributed by atoms with E-state index in [2.05, 4.69) is 5.32 Å². The van der Waals surface area contributed by atoms with Gasteiger partial charge in [-0.25, -0.2) is 4.39 Å². The van der Waals surface area contributed by atoms with Crippen LogP contribution in [-0.2, 0) is 16.8 Å². The summed E-state index contributed by atoms with van der Waals surface area (Å²) in [5.41, 5.74) is 2.26. The molecule has 126 valence electrons. The number of amides is 1. The number of carbonyl (C=O) groups excluding carboxylic acids is 1. The van der Waals surface area contributed by atoms with Crippen LogP contribution >= 0.6 is 24.0 Å². The predicted molar refractivity (Wildman–Crippen MR) is 95.5 cm³/mol. The number of anilines is 1. The van der Waals surface area contributed by atoms with E-state index in [1.807, 2.05) is 24.3 Å². The molecule has 0 saturated carbocycles. The monoisotopic (exact) mass is 366 g/mol. The summed E-state index contributed by atoms with van der Waals surface area (Å²) < 4.78 is 13.7. The van der Waals surface area contributed by atoms with Crippen LogP contribution in [0.5, 0.6) is 0 Å². The number of nitrogens with one attached hydrogen (secondary N) is 1. The first-order valence-corrected chi connectivity index (χ1v) is 8.06. The molecule has 0 bridgehead atoms. The molecular weight excluding hydrogens is 350 g/mol. The lowest BCUT2D eigenvalue weighted by atomic mass is 9.81. The summed E-state index contributed by atoms with van der Waals surface area (Å²) in [6, 6.07) is 12.6. The van der Waals surface area contributed by atoms with Crippen molar-refractivity contribution in [2.24, 2.45) is 0 Å². The zero-order valence-corrected chi connectivity index (χ0v) is 14.5. The fraction of sp³-hybridized carbons (Fsp3) is 0.278. The van der Waals surface area contributed by atoms with Crippen LogP contribution in [0.1, 0.15) is 17.5 Å². The van der Waals surface area contributed by atoms with Crippen molar-refractivity contribution in [3.8, 4) is 0 Å². The molecule has 1 N–H and O–H groups in total. The van der Waals surface area contributed by atoms with E-state index in [4.69, 9.17) is 11.6 Å². The lowest BCUT2D eigenvalue weighted by Gasteiger charge is -2.23. The van der Waals surface area contributed by atoms with Crippen molar-refractivity contribution in [2.45, 2.75) is 18.4 Å². The zero-order chi connectivity index (χ0) is 16.0. The largest absolute Gasteiger partial charge is 0.315 e. The third-order valence-electron chi connectivity index (χ3n) is 4.84. The van der Waals surface area contributed by atoms with E-state index >= 15 is 0 Å². The van der Waals surface area contributed by atoms with Crippen LogP contribution in [0.2, 0.25) is 5.02 Å². The molecule has 2 aliphatic heterocycles. The van der Waals surface area contributed by atoms with E-state index in [0.717, 1.165) is 29.8 Å². The van der Waals surface area contributed by atoms with Crippen LogP contribution in [-0.4, -0.2) is 19.0 Å². The highest BCUT2D eigenvalue weighted by atomic mass is 35.5. The number of para-hydroxylation sites is 1. The fourth-order valence-electron chi connectivity index (χ4n) is 3.68. The summed E-state index contributed by atoms with van der Waals surface area (Å²) in [6.07, 6.45) is 0.800. The Kier molecular flexibility index (Phi) is 4.56. The molecule has 1 fully saturated rings. The summed E-state index contributed by atoms with van der Waals surface area (Å²) in [5, 5.41) is 3.40. The number of hydrogen-bond acceptors (Lipinski definition) is 2. The molecule has 0 aromatic heterocycles. The van der Waals surface area contributed by atoms with Gasteiger partial charge in [0, 0.05) is 12.2 Å². The van der Waals surface area contributed by atoms with Crippen molar-refractivity contribution in [1.82, 2.24) is 5.32 Å². The number of rotatable bonds is 2. The van der Waals surface area contributed by atoms with E-state index in [1.165, 1.54) is 12.1 Å². The van der Waals surface area contributed by atoms with Crippen molar-refractivity contribution in [3.63, 3.8) is 0 Å². The van der Waals surface area contributed by atoms with Gasteiger partial charge in [-0.2, -0.15) is 0 Å². The fourth-order valence-corrected chi connectivity index (χ4v) is 3.80. The third kappa shape index (κ3) is 2.50. The van der Waals surface area contributed by atoms with Gasteiger partial charge in [0.1, 0.15) is 5.82 Å². The average Bonchev–Trinajstić information content (AvgIpc) is 3.13. The number of carbonyl (C=O) groups is 1. The van der Waals surface area contributed by atoms with Crippen LogP contribution < -0.4 is 10.2 Å².